The lowest BCUT2D eigenvalue weighted by atomic mass is 10.0. The Balaban J connectivity index is 1.29. The predicted molar refractivity (Wildman–Crippen MR) is 180 cm³/mol. The van der Waals surface area contributed by atoms with Gasteiger partial charge in [-0.15, -0.1) is 0 Å². The van der Waals surface area contributed by atoms with Gasteiger partial charge >= 0.3 is 23.6 Å². The van der Waals surface area contributed by atoms with Crippen molar-refractivity contribution >= 4 is 34.9 Å². The highest BCUT2D eigenvalue weighted by Crippen LogP contribution is 2.31. The number of carbonyl (C=O) groups is 4. The van der Waals surface area contributed by atoms with E-state index in [-0.39, 0.29) is 46.4 Å². The molecule has 2 aromatic heterocycles. The quantitative estimate of drug-likeness (QED) is 0.146. The zero-order valence-electron chi connectivity index (χ0n) is 27.5. The molecule has 0 saturated carbocycles. The Labute approximate surface area is 290 Å². The maximum Gasteiger partial charge on any atom is 0.338 e. The van der Waals surface area contributed by atoms with Gasteiger partial charge in [0.05, 0.1) is 28.6 Å². The number of ketones is 1. The molecule has 4 atom stereocenters. The van der Waals surface area contributed by atoms with Crippen LogP contribution in [0.1, 0.15) is 43.2 Å². The van der Waals surface area contributed by atoms with Crippen LogP contribution in [0.15, 0.2) is 107 Å². The van der Waals surface area contributed by atoms with E-state index in [1.165, 1.54) is 49.1 Å². The number of hydrogen-bond acceptors (Lipinski definition) is 12. The van der Waals surface area contributed by atoms with E-state index in [0.717, 1.165) is 4.57 Å². The first-order valence-electron chi connectivity index (χ1n) is 16.0. The average molecular weight is 693 g/mol. The van der Waals surface area contributed by atoms with E-state index in [4.69, 9.17) is 18.9 Å². The highest BCUT2D eigenvalue weighted by Gasteiger charge is 2.52. The second-order valence-corrected chi connectivity index (χ2v) is 11.7. The summed E-state index contributed by atoms with van der Waals surface area (Å²) in [5.74, 6) is -2.81. The van der Waals surface area contributed by atoms with Gasteiger partial charge in [0.25, 0.3) is 5.56 Å². The fourth-order valence-corrected chi connectivity index (χ4v) is 5.62. The van der Waals surface area contributed by atoms with Crippen LogP contribution in [0.3, 0.4) is 0 Å². The van der Waals surface area contributed by atoms with Crippen LogP contribution in [0.4, 0.5) is 0 Å². The zero-order chi connectivity index (χ0) is 36.1. The zero-order valence-corrected chi connectivity index (χ0v) is 27.5. The number of carbonyl (C=O) groups excluding carboxylic acids is 4. The Bertz CT molecular complexity index is 2200. The third-order valence-electron chi connectivity index (χ3n) is 8.35. The third kappa shape index (κ3) is 7.50. The summed E-state index contributed by atoms with van der Waals surface area (Å²) in [5.41, 5.74) is -0.257. The summed E-state index contributed by atoms with van der Waals surface area (Å²) in [4.78, 5) is 87.1. The molecule has 3 heterocycles. The number of hydrogen-bond donors (Lipinski definition) is 0. The molecule has 14 heteroatoms. The fourth-order valence-electron chi connectivity index (χ4n) is 5.62. The van der Waals surface area contributed by atoms with Crippen molar-refractivity contribution in [3.05, 3.63) is 140 Å². The van der Waals surface area contributed by atoms with Crippen molar-refractivity contribution < 1.29 is 38.1 Å². The second-order valence-electron chi connectivity index (χ2n) is 11.7. The van der Waals surface area contributed by atoms with Gasteiger partial charge in [0, 0.05) is 20.5 Å². The van der Waals surface area contributed by atoms with E-state index < -0.39 is 66.0 Å². The first-order valence-corrected chi connectivity index (χ1v) is 16.0. The van der Waals surface area contributed by atoms with Gasteiger partial charge < -0.3 is 18.9 Å². The first kappa shape index (κ1) is 34.6. The normalized spacial score (nSPS) is 18.2. The topological polar surface area (TPSA) is 175 Å². The smallest absolute Gasteiger partial charge is 0.338 e. The molecule has 5 aromatic rings. The average Bonchev–Trinajstić information content (AvgIpc) is 3.50. The molecule has 0 bridgehead atoms. The molecule has 3 aromatic carbocycles. The number of rotatable bonds is 11. The lowest BCUT2D eigenvalue weighted by molar-refractivity contribution is -0.134. The van der Waals surface area contributed by atoms with Crippen molar-refractivity contribution in [2.24, 2.45) is 14.1 Å². The van der Waals surface area contributed by atoms with Crippen LogP contribution in [0, 0.1) is 0 Å². The van der Waals surface area contributed by atoms with Crippen LogP contribution >= 0.6 is 0 Å². The standard InChI is InChI=1S/C37H32N4O10/c1-40-32-28(33(43)41(2)37(40)47)39-25(20-38-32)18-19-26(42)29-31(51-36(46)24-16-10-5-11-17-24)30(50-35(45)23-14-8-4-9-15-23)27(49-29)21-48-34(44)22-12-6-3-7-13-22/h3-17,20,27,29-31H,18-19,21H2,1-2H3/t27-,29+,30-,31+/m1/s1. The van der Waals surface area contributed by atoms with Crippen LogP contribution in [-0.4, -0.2) is 73.8 Å². The minimum Gasteiger partial charge on any atom is -0.459 e. The molecule has 1 aliphatic heterocycles. The van der Waals surface area contributed by atoms with Crippen LogP contribution in [0.5, 0.6) is 0 Å². The van der Waals surface area contributed by atoms with Crippen molar-refractivity contribution in [1.82, 2.24) is 19.1 Å². The highest BCUT2D eigenvalue weighted by molar-refractivity contribution is 5.92. The minimum atomic E-state index is -1.45. The molecule has 6 rings (SSSR count). The Kier molecular flexibility index (Phi) is 10.2. The second kappa shape index (κ2) is 15.1. The van der Waals surface area contributed by atoms with Crippen LogP contribution in [0.25, 0.3) is 11.2 Å². The molecule has 0 spiro atoms. The maximum atomic E-state index is 13.9. The van der Waals surface area contributed by atoms with Crippen LogP contribution in [0.2, 0.25) is 0 Å². The third-order valence-corrected chi connectivity index (χ3v) is 8.35. The van der Waals surface area contributed by atoms with E-state index in [1.54, 1.807) is 66.7 Å². The number of benzene rings is 3. The summed E-state index contributed by atoms with van der Waals surface area (Å²) in [5, 5.41) is 0. The summed E-state index contributed by atoms with van der Waals surface area (Å²) in [6.45, 7) is -0.443. The van der Waals surface area contributed by atoms with Gasteiger partial charge in [0.1, 0.15) is 12.7 Å². The number of ether oxygens (including phenoxy) is 4. The Hall–Kier alpha value is -6.28. The SMILES string of the molecule is Cn1c(=O)c2nc(CCC(=O)[C@@H]3O[C@H](COC(=O)c4ccccc4)[C@@H](OC(=O)c4ccccc4)[C@H]3OC(=O)c3ccccc3)cnc2n(C)c1=O. The number of fused-ring (bicyclic) bond motifs is 1. The molecular weight excluding hydrogens is 660 g/mol. The van der Waals surface area contributed by atoms with Gasteiger partial charge in [-0.05, 0) is 42.8 Å². The van der Waals surface area contributed by atoms with Gasteiger partial charge in [-0.2, -0.15) is 0 Å². The fraction of sp³-hybridized carbons (Fsp3) is 0.243. The molecule has 0 unspecified atom stereocenters. The Morgan fingerprint density at radius 3 is 1.82 bits per heavy atom. The van der Waals surface area contributed by atoms with Crippen LogP contribution in [-0.2, 0) is 44.3 Å². The maximum absolute atomic E-state index is 13.9. The molecule has 0 N–H and O–H groups in total. The summed E-state index contributed by atoms with van der Waals surface area (Å²) in [6, 6.07) is 24.3. The van der Waals surface area contributed by atoms with Gasteiger partial charge in [-0.3, -0.25) is 18.7 Å². The van der Waals surface area contributed by atoms with Crippen molar-refractivity contribution in [2.45, 2.75) is 37.3 Å². The summed E-state index contributed by atoms with van der Waals surface area (Å²) >= 11 is 0. The van der Waals surface area contributed by atoms with Crippen LogP contribution < -0.4 is 11.2 Å². The molecule has 51 heavy (non-hydrogen) atoms. The van der Waals surface area contributed by atoms with Crippen molar-refractivity contribution in [2.75, 3.05) is 6.61 Å². The van der Waals surface area contributed by atoms with Gasteiger partial charge in [-0.25, -0.2) is 29.1 Å². The Morgan fingerprint density at radius 2 is 1.25 bits per heavy atom. The molecule has 14 nitrogen and oxygen atoms in total. The molecule has 0 amide bonds. The summed E-state index contributed by atoms with van der Waals surface area (Å²) < 4.78 is 25.5. The molecule has 0 aliphatic carbocycles. The van der Waals surface area contributed by atoms with Gasteiger partial charge in [-0.1, -0.05) is 54.6 Å². The molecule has 0 radical (unpaired) electrons. The lowest BCUT2D eigenvalue weighted by Crippen LogP contribution is -2.43. The monoisotopic (exact) mass is 692 g/mol. The molecule has 1 saturated heterocycles. The van der Waals surface area contributed by atoms with E-state index in [0.29, 0.717) is 0 Å². The lowest BCUT2D eigenvalue weighted by Gasteiger charge is -2.24. The highest BCUT2D eigenvalue weighted by atomic mass is 16.7. The molecular formula is C37H32N4O10. The number of aryl methyl sites for hydroxylation is 2. The molecule has 260 valence electrons. The largest absolute Gasteiger partial charge is 0.459 e. The predicted octanol–water partition coefficient (Wildman–Crippen LogP) is 2.60. The number of Topliss-reactive ketones (excluding diaryl/α,β-unsaturated/α-hetero) is 1. The summed E-state index contributed by atoms with van der Waals surface area (Å²) in [7, 11) is 2.79. The summed E-state index contributed by atoms with van der Waals surface area (Å²) in [6.07, 6.45) is -4.34. The Morgan fingerprint density at radius 1 is 0.725 bits per heavy atom. The van der Waals surface area contributed by atoms with Crippen molar-refractivity contribution in [3.63, 3.8) is 0 Å². The van der Waals surface area contributed by atoms with Gasteiger partial charge in [0.2, 0.25) is 0 Å². The molecule has 1 aliphatic rings. The number of aromatic nitrogens is 4. The number of nitrogens with zero attached hydrogens (tertiary/aromatic N) is 4. The number of esters is 3. The van der Waals surface area contributed by atoms with Crippen molar-refractivity contribution in [3.8, 4) is 0 Å². The van der Waals surface area contributed by atoms with E-state index in [2.05, 4.69) is 9.97 Å². The first-order chi connectivity index (χ1) is 24.6. The van der Waals surface area contributed by atoms with E-state index in [9.17, 15) is 28.8 Å². The van der Waals surface area contributed by atoms with E-state index in [1.807, 2.05) is 0 Å². The van der Waals surface area contributed by atoms with E-state index >= 15 is 0 Å². The van der Waals surface area contributed by atoms with Gasteiger partial charge in [0.15, 0.2) is 35.3 Å². The minimum absolute atomic E-state index is 0.00485. The molecule has 1 fully saturated rings. The van der Waals surface area contributed by atoms with Crippen molar-refractivity contribution in [1.29, 1.82) is 0 Å².